The molecule has 2 aliphatic heterocycles. The fourth-order valence-electron chi connectivity index (χ4n) is 8.88. The number of fused-ring (bicyclic) bond motifs is 4. The molecule has 0 bridgehead atoms. The largest absolute Gasteiger partial charge is 0.508 e. The Morgan fingerprint density at radius 3 is 2.35 bits per heavy atom. The van der Waals surface area contributed by atoms with E-state index in [1.165, 1.54) is 13.1 Å². The number of ether oxygens (including phenoxy) is 1. The number of halogens is 5. The number of imide groups is 2. The number of hydrogen-bond donors (Lipinski definition) is 2. The summed E-state index contributed by atoms with van der Waals surface area (Å²) >= 11 is 12.6. The second-order valence-corrected chi connectivity index (χ2v) is 15.0. The number of nitrogens with zero attached hydrogens (tertiary/aromatic N) is 3. The molecule has 2 saturated heterocycles. The molecule has 0 unspecified atom stereocenters. The molecular formula is C40H31Cl2F3N4O6. The van der Waals surface area contributed by atoms with Crippen LogP contribution in [0.15, 0.2) is 96.7 Å². The van der Waals surface area contributed by atoms with Gasteiger partial charge in [0.2, 0.25) is 11.8 Å². The van der Waals surface area contributed by atoms with Crippen molar-refractivity contribution in [2.45, 2.75) is 37.0 Å². The summed E-state index contributed by atoms with van der Waals surface area (Å²) in [7, 11) is 1.41. The Morgan fingerprint density at radius 1 is 0.945 bits per heavy atom. The molecule has 0 radical (unpaired) electrons. The van der Waals surface area contributed by atoms with Crippen molar-refractivity contribution in [3.63, 3.8) is 0 Å². The van der Waals surface area contributed by atoms with Crippen molar-refractivity contribution in [1.29, 1.82) is 0 Å². The molecule has 4 aliphatic rings. The molecule has 8 rings (SSSR count). The van der Waals surface area contributed by atoms with E-state index in [0.717, 1.165) is 10.5 Å². The number of phenols is 1. The van der Waals surface area contributed by atoms with Crippen LogP contribution in [0.1, 0.15) is 41.0 Å². The maximum atomic E-state index is 15.3. The Morgan fingerprint density at radius 2 is 1.67 bits per heavy atom. The Labute approximate surface area is 322 Å². The van der Waals surface area contributed by atoms with Gasteiger partial charge in [-0.25, -0.2) is 4.98 Å². The maximum Gasteiger partial charge on any atom is 0.417 e. The van der Waals surface area contributed by atoms with Crippen LogP contribution in [0.25, 0.3) is 0 Å². The molecule has 55 heavy (non-hydrogen) atoms. The molecule has 1 saturated carbocycles. The number of allylic oxidation sites excluding steroid dienone is 2. The quantitative estimate of drug-likeness (QED) is 0.147. The average Bonchev–Trinajstić information content (AvgIpc) is 3.51. The van der Waals surface area contributed by atoms with Crippen LogP contribution < -0.4 is 10.2 Å². The first-order valence-electron chi connectivity index (χ1n) is 17.4. The molecule has 0 spiro atoms. The molecule has 3 aromatic carbocycles. The predicted molar refractivity (Wildman–Crippen MR) is 194 cm³/mol. The summed E-state index contributed by atoms with van der Waals surface area (Å²) in [5.74, 6) is -7.16. The number of likely N-dealkylation sites (tertiary alicyclic amines) is 1. The number of hydrazine groups is 1. The molecular weight excluding hydrogens is 760 g/mol. The third-order valence-electron chi connectivity index (χ3n) is 11.3. The summed E-state index contributed by atoms with van der Waals surface area (Å²) in [4.78, 5) is 61.9. The van der Waals surface area contributed by atoms with Crippen LogP contribution in [0.4, 0.5) is 19.0 Å². The lowest BCUT2D eigenvalue weighted by Gasteiger charge is -2.50. The normalized spacial score (nSPS) is 26.1. The first-order chi connectivity index (χ1) is 26.2. The van der Waals surface area contributed by atoms with E-state index in [9.17, 15) is 32.7 Å². The van der Waals surface area contributed by atoms with Crippen LogP contribution in [0.5, 0.6) is 11.5 Å². The highest BCUT2D eigenvalue weighted by atomic mass is 35.5. The number of nitrogens with one attached hydrogen (secondary N) is 1. The first-order valence-corrected chi connectivity index (χ1v) is 18.1. The number of aromatic hydroxyl groups is 1. The average molecular weight is 792 g/mol. The highest BCUT2D eigenvalue weighted by Crippen LogP contribution is 2.65. The number of hydrogen-bond acceptors (Lipinski definition) is 8. The number of pyridine rings is 1. The number of amides is 4. The second-order valence-electron chi connectivity index (χ2n) is 14.1. The van der Waals surface area contributed by atoms with Crippen molar-refractivity contribution in [3.05, 3.63) is 129 Å². The standard InChI is InChI=1S/C40H31Cl2F3N4O6/c1-48-35(51)27-14-13-25-28(32(27)37(48)53)17-29-36(52)49(47-34-30(42)15-22(18-46-34)40(43,44)45)38(54)39(29,21-7-9-23(41)10-8-21)33(25)26-12-11-24(16-31(26)50)55-19-20-5-3-2-4-6-20/h2-13,15-16,18,27-29,32-33,50H,14,17,19H2,1H3,(H,46,47)/t27-,28+,29-,32-,33+,39+/m0/s1. The van der Waals surface area contributed by atoms with E-state index < -0.39 is 69.5 Å². The number of phenolic OH excluding ortho intramolecular Hbond substituents is 1. The van der Waals surface area contributed by atoms with Gasteiger partial charge in [0.05, 0.1) is 33.8 Å². The molecule has 4 aromatic rings. The smallest absolute Gasteiger partial charge is 0.417 e. The zero-order valence-electron chi connectivity index (χ0n) is 28.9. The van der Waals surface area contributed by atoms with Crippen LogP contribution in [0.3, 0.4) is 0 Å². The molecule has 3 heterocycles. The van der Waals surface area contributed by atoms with Gasteiger partial charge in [-0.2, -0.15) is 18.2 Å². The van der Waals surface area contributed by atoms with Gasteiger partial charge in [0.15, 0.2) is 5.82 Å². The topological polar surface area (TPSA) is 129 Å². The van der Waals surface area contributed by atoms with Gasteiger partial charge in [-0.15, -0.1) is 0 Å². The SMILES string of the molecule is CN1C(=O)[C@H]2[C@H](CC=C3[C@H]2C[C@H]2C(=O)N(Nc4ncc(C(F)(F)F)cc4Cl)C(=O)[C@@]2(c2ccc(Cl)cc2)[C@H]3c2ccc(OCc3ccccc3)cc2O)C1=O. The third kappa shape index (κ3) is 5.83. The van der Waals surface area contributed by atoms with E-state index in [-0.39, 0.29) is 42.5 Å². The number of anilines is 1. The number of alkyl halides is 3. The lowest BCUT2D eigenvalue weighted by atomic mass is 9.49. The van der Waals surface area contributed by atoms with Crippen molar-refractivity contribution in [2.24, 2.45) is 23.7 Å². The van der Waals surface area contributed by atoms with Crippen LogP contribution in [0.2, 0.25) is 10.0 Å². The van der Waals surface area contributed by atoms with E-state index in [4.69, 9.17) is 27.9 Å². The van der Waals surface area contributed by atoms with Crippen molar-refractivity contribution in [2.75, 3.05) is 12.5 Å². The van der Waals surface area contributed by atoms with Crippen molar-refractivity contribution in [1.82, 2.24) is 14.9 Å². The fraction of sp³-hybridized carbons (Fsp3) is 0.275. The van der Waals surface area contributed by atoms with E-state index in [1.54, 1.807) is 36.4 Å². The molecule has 282 valence electrons. The minimum atomic E-state index is -4.76. The Balaban J connectivity index is 1.29. The van der Waals surface area contributed by atoms with Gasteiger partial charge in [-0.1, -0.05) is 83.4 Å². The molecule has 6 atom stereocenters. The van der Waals surface area contributed by atoms with Crippen LogP contribution in [0, 0.1) is 23.7 Å². The molecule has 4 amide bonds. The molecule has 2 N–H and O–H groups in total. The van der Waals surface area contributed by atoms with E-state index in [0.29, 0.717) is 39.2 Å². The van der Waals surface area contributed by atoms with Crippen molar-refractivity contribution in [3.8, 4) is 11.5 Å². The van der Waals surface area contributed by atoms with E-state index in [1.807, 2.05) is 36.4 Å². The van der Waals surface area contributed by atoms with Gasteiger partial charge in [-0.3, -0.25) is 29.5 Å². The van der Waals surface area contributed by atoms with Gasteiger partial charge in [0.25, 0.3) is 11.8 Å². The zero-order valence-corrected chi connectivity index (χ0v) is 30.4. The number of rotatable bonds is 7. The minimum absolute atomic E-state index is 0.0467. The third-order valence-corrected chi connectivity index (χ3v) is 11.9. The summed E-state index contributed by atoms with van der Waals surface area (Å²) in [6, 6.07) is 21.0. The van der Waals surface area contributed by atoms with Crippen molar-refractivity contribution < 1.29 is 42.2 Å². The number of carbonyl (C=O) groups excluding carboxylic acids is 4. The van der Waals surface area contributed by atoms with Crippen LogP contribution in [-0.4, -0.2) is 50.7 Å². The zero-order chi connectivity index (χ0) is 39.0. The Hall–Kier alpha value is -5.40. The molecule has 15 heteroatoms. The van der Waals surface area contributed by atoms with Gasteiger partial charge in [0, 0.05) is 35.8 Å². The summed E-state index contributed by atoms with van der Waals surface area (Å²) in [6.45, 7) is 0.202. The summed E-state index contributed by atoms with van der Waals surface area (Å²) in [6.07, 6.45) is -2.26. The van der Waals surface area contributed by atoms with Gasteiger partial charge in [-0.05, 0) is 54.2 Å². The minimum Gasteiger partial charge on any atom is -0.508 e. The Bertz CT molecular complexity index is 2290. The first kappa shape index (κ1) is 36.6. The van der Waals surface area contributed by atoms with E-state index in [2.05, 4.69) is 10.4 Å². The van der Waals surface area contributed by atoms with Crippen LogP contribution >= 0.6 is 23.2 Å². The predicted octanol–water partition coefficient (Wildman–Crippen LogP) is 7.31. The second kappa shape index (κ2) is 13.4. The summed E-state index contributed by atoms with van der Waals surface area (Å²) in [5, 5.41) is 12.4. The summed E-state index contributed by atoms with van der Waals surface area (Å²) in [5.41, 5.74) is 1.75. The number of benzene rings is 3. The van der Waals surface area contributed by atoms with Gasteiger partial charge >= 0.3 is 6.18 Å². The highest BCUT2D eigenvalue weighted by Gasteiger charge is 2.70. The summed E-state index contributed by atoms with van der Waals surface area (Å²) < 4.78 is 46.4. The lowest BCUT2D eigenvalue weighted by Crippen LogP contribution is -2.53. The number of carbonyl (C=O) groups is 4. The lowest BCUT2D eigenvalue weighted by molar-refractivity contribution is -0.140. The monoisotopic (exact) mass is 790 g/mol. The maximum absolute atomic E-state index is 15.3. The molecule has 2 aliphatic carbocycles. The molecule has 10 nitrogen and oxygen atoms in total. The molecule has 1 aromatic heterocycles. The van der Waals surface area contributed by atoms with Gasteiger partial charge in [0.1, 0.15) is 18.1 Å². The van der Waals surface area contributed by atoms with Crippen molar-refractivity contribution >= 4 is 52.6 Å². The molecule has 3 fully saturated rings. The fourth-order valence-corrected chi connectivity index (χ4v) is 9.22. The van der Waals surface area contributed by atoms with Crippen LogP contribution in [-0.2, 0) is 37.4 Å². The Kier molecular flexibility index (Phi) is 8.92. The number of aromatic nitrogens is 1. The van der Waals surface area contributed by atoms with E-state index >= 15 is 4.79 Å². The highest BCUT2D eigenvalue weighted by molar-refractivity contribution is 6.33. The van der Waals surface area contributed by atoms with Gasteiger partial charge < -0.3 is 9.84 Å².